The number of aliphatic hydroxyl groups excluding tert-OH is 2. The van der Waals surface area contributed by atoms with Crippen molar-refractivity contribution in [3.63, 3.8) is 0 Å². The molecule has 11 heteroatoms. The third kappa shape index (κ3) is 3.47. The molecule has 1 heterocycles. The van der Waals surface area contributed by atoms with E-state index in [0.717, 1.165) is 10.4 Å². The third-order valence-electron chi connectivity index (χ3n) is 7.65. The molecular weight excluding hydrogens is 520 g/mol. The fraction of sp³-hybridized carbons (Fsp3) is 0.346. The molecule has 5 N–H and O–H groups in total. The zero-order valence-electron chi connectivity index (χ0n) is 20.2. The molecule has 9 nitrogen and oxygen atoms in total. The van der Waals surface area contributed by atoms with Crippen LogP contribution in [0.5, 0.6) is 5.75 Å². The molecule has 1 fully saturated rings. The molecule has 1 saturated carbocycles. The van der Waals surface area contributed by atoms with Crippen molar-refractivity contribution in [3.05, 3.63) is 56.6 Å². The molecule has 0 radical (unpaired) electrons. The normalized spacial score (nSPS) is 27.2. The van der Waals surface area contributed by atoms with Crippen molar-refractivity contribution in [2.45, 2.75) is 24.5 Å². The highest BCUT2D eigenvalue weighted by molar-refractivity contribution is 7.19. The van der Waals surface area contributed by atoms with Gasteiger partial charge in [0.2, 0.25) is 5.78 Å². The third-order valence-corrected chi connectivity index (χ3v) is 8.92. The smallest absolute Gasteiger partial charge is 0.258 e. The number of ketones is 2. The van der Waals surface area contributed by atoms with Gasteiger partial charge in [0.05, 0.1) is 15.9 Å². The first-order chi connectivity index (χ1) is 17.4. The quantitative estimate of drug-likeness (QED) is 0.370. The van der Waals surface area contributed by atoms with Crippen LogP contribution in [0.2, 0.25) is 4.34 Å². The van der Waals surface area contributed by atoms with Crippen LogP contribution in [0.1, 0.15) is 17.5 Å². The van der Waals surface area contributed by atoms with E-state index in [1.165, 1.54) is 29.4 Å². The topological polar surface area (TPSA) is 147 Å². The summed E-state index contributed by atoms with van der Waals surface area (Å²) in [6.45, 7) is 0. The summed E-state index contributed by atoms with van der Waals surface area (Å²) < 4.78 is 0.565. The Morgan fingerprint density at radius 1 is 1.16 bits per heavy atom. The molecule has 194 valence electrons. The summed E-state index contributed by atoms with van der Waals surface area (Å²) >= 11 is 7.47. The van der Waals surface area contributed by atoms with Gasteiger partial charge in [0.25, 0.3) is 5.91 Å². The number of nitrogens with one attached hydrogen (secondary N) is 1. The minimum absolute atomic E-state index is 0.0566. The van der Waals surface area contributed by atoms with Gasteiger partial charge in [0.15, 0.2) is 11.4 Å². The molecule has 5 rings (SSSR count). The maximum Gasteiger partial charge on any atom is 0.258 e. The van der Waals surface area contributed by atoms with Crippen LogP contribution in [0.15, 0.2) is 41.2 Å². The number of carbonyl (C=O) groups excluding carboxylic acids is 3. The molecule has 3 aliphatic rings. The van der Waals surface area contributed by atoms with Crippen molar-refractivity contribution < 1.29 is 34.8 Å². The molecule has 1 aromatic carbocycles. The molecule has 37 heavy (non-hydrogen) atoms. The summed E-state index contributed by atoms with van der Waals surface area (Å²) in [4.78, 5) is 42.1. The van der Waals surface area contributed by atoms with Gasteiger partial charge in [-0.2, -0.15) is 0 Å². The van der Waals surface area contributed by atoms with Crippen LogP contribution < -0.4 is 5.32 Å². The average molecular weight is 545 g/mol. The summed E-state index contributed by atoms with van der Waals surface area (Å²) in [6, 6.07) is 5.61. The Bertz CT molecular complexity index is 1440. The predicted molar refractivity (Wildman–Crippen MR) is 137 cm³/mol. The van der Waals surface area contributed by atoms with Crippen molar-refractivity contribution in [2.75, 3.05) is 21.1 Å². The second kappa shape index (κ2) is 8.70. The van der Waals surface area contributed by atoms with E-state index in [1.54, 1.807) is 26.2 Å². The lowest BCUT2D eigenvalue weighted by molar-refractivity contribution is -0.153. The van der Waals surface area contributed by atoms with E-state index in [-0.39, 0.29) is 29.7 Å². The van der Waals surface area contributed by atoms with Crippen molar-refractivity contribution in [1.29, 1.82) is 0 Å². The van der Waals surface area contributed by atoms with E-state index in [4.69, 9.17) is 11.6 Å². The van der Waals surface area contributed by atoms with Crippen molar-refractivity contribution >= 4 is 46.2 Å². The maximum absolute atomic E-state index is 13.9. The van der Waals surface area contributed by atoms with Gasteiger partial charge in [-0.25, -0.2) is 0 Å². The first kappa shape index (κ1) is 25.5. The largest absolute Gasteiger partial charge is 0.508 e. The van der Waals surface area contributed by atoms with E-state index >= 15 is 0 Å². The Morgan fingerprint density at radius 2 is 1.86 bits per heavy atom. The monoisotopic (exact) mass is 544 g/mol. The van der Waals surface area contributed by atoms with Crippen LogP contribution in [0.3, 0.4) is 0 Å². The van der Waals surface area contributed by atoms with Gasteiger partial charge in [-0.1, -0.05) is 11.6 Å². The number of phenolic OH excluding ortho intramolecular Hbond substituents is 1. The number of halogens is 1. The summed E-state index contributed by atoms with van der Waals surface area (Å²) in [5, 5.41) is 47.1. The number of rotatable bonds is 3. The number of aromatic hydroxyl groups is 1. The number of nitrogens with zero attached hydrogens (tertiary/aromatic N) is 1. The van der Waals surface area contributed by atoms with E-state index < -0.39 is 58.0 Å². The van der Waals surface area contributed by atoms with Crippen LogP contribution in [0.4, 0.5) is 0 Å². The van der Waals surface area contributed by atoms with Crippen LogP contribution >= 0.6 is 22.9 Å². The van der Waals surface area contributed by atoms with Crippen LogP contribution in [0, 0.1) is 11.8 Å². The summed E-state index contributed by atoms with van der Waals surface area (Å²) in [5.41, 5.74) is -2.05. The lowest BCUT2D eigenvalue weighted by Crippen LogP contribution is -2.65. The molecule has 4 atom stereocenters. The highest BCUT2D eigenvalue weighted by atomic mass is 35.5. The molecule has 1 aromatic heterocycles. The first-order valence-corrected chi connectivity index (χ1v) is 12.8. The van der Waals surface area contributed by atoms with E-state index in [2.05, 4.69) is 5.32 Å². The van der Waals surface area contributed by atoms with Gasteiger partial charge in [-0.15, -0.1) is 11.3 Å². The number of aliphatic hydroxyl groups is 3. The highest BCUT2D eigenvalue weighted by Crippen LogP contribution is 2.54. The second-order valence-corrected chi connectivity index (χ2v) is 11.5. The fourth-order valence-electron chi connectivity index (χ4n) is 6.04. The van der Waals surface area contributed by atoms with E-state index in [0.29, 0.717) is 9.90 Å². The minimum atomic E-state index is -2.61. The van der Waals surface area contributed by atoms with Gasteiger partial charge < -0.3 is 25.7 Å². The average Bonchev–Trinajstić information content (AvgIpc) is 3.27. The molecule has 0 bridgehead atoms. The number of carbonyl (C=O) groups is 3. The highest BCUT2D eigenvalue weighted by Gasteiger charge is 2.64. The lowest BCUT2D eigenvalue weighted by Gasteiger charge is -2.50. The second-order valence-electron chi connectivity index (χ2n) is 9.77. The number of benzene rings is 1. The Hall–Kier alpha value is -3.18. The van der Waals surface area contributed by atoms with Crippen LogP contribution in [-0.2, 0) is 20.8 Å². The molecule has 1 amide bonds. The van der Waals surface area contributed by atoms with Gasteiger partial charge in [-0.3, -0.25) is 19.3 Å². The SMILES string of the molecule is CNC(=O)C1=C(O)[C@@]2(O)C(=O)C3=C(O)c4c(O)ccc(-c5ccc(Cl)s5)c4C[C@H]3C[C@H]2[C@H](N(C)C)C1=O. The summed E-state index contributed by atoms with van der Waals surface area (Å²) in [7, 11) is 4.45. The number of amides is 1. The fourth-order valence-corrected chi connectivity index (χ4v) is 7.14. The number of phenols is 1. The molecule has 0 saturated heterocycles. The molecule has 0 spiro atoms. The van der Waals surface area contributed by atoms with Crippen LogP contribution in [-0.4, -0.2) is 75.6 Å². The Morgan fingerprint density at radius 3 is 2.46 bits per heavy atom. The zero-order valence-corrected chi connectivity index (χ0v) is 21.8. The Balaban J connectivity index is 1.74. The zero-order chi connectivity index (χ0) is 27.0. The van der Waals surface area contributed by atoms with Crippen molar-refractivity contribution in [1.82, 2.24) is 10.2 Å². The number of Topliss-reactive ketones (excluding diaryl/α,β-unsaturated/α-hetero) is 2. The van der Waals surface area contributed by atoms with E-state index in [1.807, 2.05) is 6.07 Å². The number of likely N-dealkylation sites (N-methyl/N-ethyl adjacent to an activating group) is 2. The number of hydrogen-bond acceptors (Lipinski definition) is 9. The number of thiophene rings is 1. The van der Waals surface area contributed by atoms with Gasteiger partial charge in [0, 0.05) is 23.4 Å². The number of hydrogen-bond donors (Lipinski definition) is 5. The predicted octanol–water partition coefficient (Wildman–Crippen LogP) is 2.61. The summed E-state index contributed by atoms with van der Waals surface area (Å²) in [6.07, 6.45) is 0.286. The lowest BCUT2D eigenvalue weighted by atomic mass is 9.57. The molecule has 3 aliphatic carbocycles. The van der Waals surface area contributed by atoms with Gasteiger partial charge >= 0.3 is 0 Å². The Kier molecular flexibility index (Phi) is 5.99. The van der Waals surface area contributed by atoms with Crippen molar-refractivity contribution in [2.24, 2.45) is 11.8 Å². The van der Waals surface area contributed by atoms with Crippen molar-refractivity contribution in [3.8, 4) is 16.2 Å². The maximum atomic E-state index is 13.9. The number of fused-ring (bicyclic) bond motifs is 3. The molecule has 0 aliphatic heterocycles. The molecule has 2 aromatic rings. The Labute approximate surface area is 221 Å². The molecule has 0 unspecified atom stereocenters. The van der Waals surface area contributed by atoms with Gasteiger partial charge in [0.1, 0.15) is 22.8 Å². The summed E-state index contributed by atoms with van der Waals surface area (Å²) in [5.74, 6) is -6.12. The first-order valence-electron chi connectivity index (χ1n) is 11.6. The van der Waals surface area contributed by atoms with Crippen LogP contribution in [0.25, 0.3) is 16.2 Å². The molecular formula is C26H25ClN2O7S. The van der Waals surface area contributed by atoms with Gasteiger partial charge in [-0.05, 0) is 68.2 Å². The minimum Gasteiger partial charge on any atom is -0.508 e. The van der Waals surface area contributed by atoms with E-state index in [9.17, 15) is 34.8 Å². The standard InChI is InChI=1S/C26H25ClN2O7S/c1-28-25(35)19-22(32)20(29(2)3)13-9-10-8-12-11(15-6-7-16(27)37-15)4-5-14(30)18(12)21(31)17(10)23(33)26(13,36)24(19)34/h4-7,10,13,20,30-31,34,36H,8-9H2,1-3H3,(H,28,35)/t10-,13-,20-,26-/m0/s1.